The van der Waals surface area contributed by atoms with Crippen LogP contribution in [0.5, 0.6) is 0 Å². The molecule has 4 nitrogen and oxygen atoms in total. The lowest BCUT2D eigenvalue weighted by atomic mass is 9.99. The van der Waals surface area contributed by atoms with Crippen molar-refractivity contribution in [2.75, 3.05) is 5.73 Å². The van der Waals surface area contributed by atoms with Crippen molar-refractivity contribution in [3.05, 3.63) is 23.9 Å². The topological polar surface area (TPSA) is 68.0 Å². The van der Waals surface area contributed by atoms with Gasteiger partial charge < -0.3 is 11.1 Å². The largest absolute Gasteiger partial charge is 0.384 e. The van der Waals surface area contributed by atoms with Gasteiger partial charge in [-0.15, -0.1) is 0 Å². The summed E-state index contributed by atoms with van der Waals surface area (Å²) in [6.45, 7) is 2.08. The van der Waals surface area contributed by atoms with E-state index < -0.39 is 0 Å². The number of nitrogens with two attached hydrogens (primary N) is 1. The minimum atomic E-state index is -0.0584. The molecule has 0 spiro atoms. The van der Waals surface area contributed by atoms with Crippen molar-refractivity contribution in [3.63, 3.8) is 0 Å². The SMILES string of the molecule is CC(NC(=O)c1ccc(N)nc1)C1CCCC1. The summed E-state index contributed by atoms with van der Waals surface area (Å²) in [6.07, 6.45) is 6.54. The van der Waals surface area contributed by atoms with E-state index in [0.717, 1.165) is 0 Å². The first kappa shape index (κ1) is 11.9. The third-order valence-electron chi connectivity index (χ3n) is 3.51. The molecule has 1 atom stereocenters. The van der Waals surface area contributed by atoms with Crippen LogP contribution in [0.15, 0.2) is 18.3 Å². The number of pyridine rings is 1. The van der Waals surface area contributed by atoms with E-state index in [2.05, 4.69) is 17.2 Å². The van der Waals surface area contributed by atoms with E-state index in [0.29, 0.717) is 17.3 Å². The zero-order valence-electron chi connectivity index (χ0n) is 10.1. The molecule has 1 heterocycles. The molecule has 1 amide bonds. The molecule has 1 unspecified atom stereocenters. The number of nitrogen functional groups attached to an aromatic ring is 1. The Morgan fingerprint density at radius 1 is 1.47 bits per heavy atom. The first-order chi connectivity index (χ1) is 8.16. The van der Waals surface area contributed by atoms with Crippen molar-refractivity contribution in [1.82, 2.24) is 10.3 Å². The molecular formula is C13H19N3O. The normalized spacial score (nSPS) is 17.9. The fourth-order valence-corrected chi connectivity index (χ4v) is 2.40. The maximum absolute atomic E-state index is 11.9. The van der Waals surface area contributed by atoms with Gasteiger partial charge in [0.05, 0.1) is 5.56 Å². The summed E-state index contributed by atoms with van der Waals surface area (Å²) in [5, 5.41) is 3.04. The van der Waals surface area contributed by atoms with E-state index in [-0.39, 0.29) is 11.9 Å². The van der Waals surface area contributed by atoms with Crippen LogP contribution in [0, 0.1) is 5.92 Å². The minimum absolute atomic E-state index is 0.0584. The summed E-state index contributed by atoms with van der Waals surface area (Å²) in [5.41, 5.74) is 6.06. The van der Waals surface area contributed by atoms with Gasteiger partial charge in [0.2, 0.25) is 0 Å². The van der Waals surface area contributed by atoms with E-state index in [1.807, 2.05) is 0 Å². The Labute approximate surface area is 102 Å². The number of carbonyl (C=O) groups excluding carboxylic acids is 1. The molecular weight excluding hydrogens is 214 g/mol. The molecule has 0 saturated heterocycles. The monoisotopic (exact) mass is 233 g/mol. The molecule has 4 heteroatoms. The Kier molecular flexibility index (Phi) is 3.61. The van der Waals surface area contributed by atoms with Gasteiger partial charge in [-0.05, 0) is 37.8 Å². The van der Waals surface area contributed by atoms with Crippen LogP contribution in [0.2, 0.25) is 0 Å². The fraction of sp³-hybridized carbons (Fsp3) is 0.538. The highest BCUT2D eigenvalue weighted by Gasteiger charge is 2.23. The summed E-state index contributed by atoms with van der Waals surface area (Å²) in [6, 6.07) is 3.59. The van der Waals surface area contributed by atoms with Gasteiger partial charge in [0.1, 0.15) is 5.82 Å². The summed E-state index contributed by atoms with van der Waals surface area (Å²) < 4.78 is 0. The molecule has 0 aromatic carbocycles. The molecule has 1 aromatic heterocycles. The van der Waals surface area contributed by atoms with E-state index >= 15 is 0 Å². The van der Waals surface area contributed by atoms with Gasteiger partial charge in [-0.2, -0.15) is 0 Å². The van der Waals surface area contributed by atoms with Crippen molar-refractivity contribution in [2.45, 2.75) is 38.6 Å². The highest BCUT2D eigenvalue weighted by Crippen LogP contribution is 2.27. The Morgan fingerprint density at radius 2 is 2.18 bits per heavy atom. The molecule has 17 heavy (non-hydrogen) atoms. The maximum atomic E-state index is 11.9. The summed E-state index contributed by atoms with van der Waals surface area (Å²) in [7, 11) is 0. The van der Waals surface area contributed by atoms with Crippen molar-refractivity contribution < 1.29 is 4.79 Å². The van der Waals surface area contributed by atoms with Crippen LogP contribution in [0.25, 0.3) is 0 Å². The van der Waals surface area contributed by atoms with Crippen molar-refractivity contribution >= 4 is 11.7 Å². The standard InChI is InChI=1S/C13H19N3O/c1-9(10-4-2-3-5-10)16-13(17)11-6-7-12(14)15-8-11/h6-10H,2-5H2,1H3,(H2,14,15)(H,16,17). The van der Waals surface area contributed by atoms with Crippen molar-refractivity contribution in [1.29, 1.82) is 0 Å². The number of amides is 1. The van der Waals surface area contributed by atoms with Crippen LogP contribution < -0.4 is 11.1 Å². The molecule has 1 aliphatic rings. The lowest BCUT2D eigenvalue weighted by Crippen LogP contribution is -2.37. The number of hydrogen-bond donors (Lipinski definition) is 2. The van der Waals surface area contributed by atoms with E-state index in [1.54, 1.807) is 12.1 Å². The van der Waals surface area contributed by atoms with Gasteiger partial charge in [0.25, 0.3) is 5.91 Å². The lowest BCUT2D eigenvalue weighted by Gasteiger charge is -2.20. The zero-order chi connectivity index (χ0) is 12.3. The number of nitrogens with zero attached hydrogens (tertiary/aromatic N) is 1. The molecule has 0 bridgehead atoms. The molecule has 0 aliphatic heterocycles. The number of aromatic nitrogens is 1. The summed E-state index contributed by atoms with van der Waals surface area (Å²) >= 11 is 0. The number of carbonyl (C=O) groups is 1. The fourth-order valence-electron chi connectivity index (χ4n) is 2.40. The van der Waals surface area contributed by atoms with Crippen LogP contribution in [0.3, 0.4) is 0 Å². The Hall–Kier alpha value is -1.58. The third kappa shape index (κ3) is 2.96. The van der Waals surface area contributed by atoms with Crippen LogP contribution in [-0.2, 0) is 0 Å². The summed E-state index contributed by atoms with van der Waals surface area (Å²) in [4.78, 5) is 15.9. The molecule has 1 fully saturated rings. The van der Waals surface area contributed by atoms with E-state index in [9.17, 15) is 4.79 Å². The summed E-state index contributed by atoms with van der Waals surface area (Å²) in [5.74, 6) is 1.00. The second kappa shape index (κ2) is 5.17. The predicted molar refractivity (Wildman–Crippen MR) is 67.5 cm³/mol. The first-order valence-electron chi connectivity index (χ1n) is 6.19. The Morgan fingerprint density at radius 3 is 2.76 bits per heavy atom. The van der Waals surface area contributed by atoms with Gasteiger partial charge in [-0.3, -0.25) is 4.79 Å². The van der Waals surface area contributed by atoms with Gasteiger partial charge in [-0.1, -0.05) is 12.8 Å². The van der Waals surface area contributed by atoms with E-state index in [1.165, 1.54) is 31.9 Å². The quantitative estimate of drug-likeness (QED) is 0.838. The number of anilines is 1. The highest BCUT2D eigenvalue weighted by molar-refractivity contribution is 5.94. The second-order valence-electron chi connectivity index (χ2n) is 4.78. The molecule has 92 valence electrons. The Balaban J connectivity index is 1.94. The molecule has 3 N–H and O–H groups in total. The van der Waals surface area contributed by atoms with Crippen LogP contribution >= 0.6 is 0 Å². The van der Waals surface area contributed by atoms with Gasteiger partial charge >= 0.3 is 0 Å². The van der Waals surface area contributed by atoms with E-state index in [4.69, 9.17) is 5.73 Å². The number of hydrogen-bond acceptors (Lipinski definition) is 3. The van der Waals surface area contributed by atoms with Gasteiger partial charge in [-0.25, -0.2) is 4.98 Å². The average Bonchev–Trinajstić information content (AvgIpc) is 2.83. The molecule has 1 saturated carbocycles. The van der Waals surface area contributed by atoms with Crippen LogP contribution in [-0.4, -0.2) is 16.9 Å². The third-order valence-corrected chi connectivity index (χ3v) is 3.51. The molecule has 1 aliphatic carbocycles. The highest BCUT2D eigenvalue weighted by atomic mass is 16.1. The van der Waals surface area contributed by atoms with Crippen LogP contribution in [0.4, 0.5) is 5.82 Å². The number of nitrogens with one attached hydrogen (secondary N) is 1. The lowest BCUT2D eigenvalue weighted by molar-refractivity contribution is 0.0927. The minimum Gasteiger partial charge on any atom is -0.384 e. The first-order valence-corrected chi connectivity index (χ1v) is 6.19. The Bertz CT molecular complexity index is 382. The van der Waals surface area contributed by atoms with Crippen molar-refractivity contribution in [2.24, 2.45) is 5.92 Å². The maximum Gasteiger partial charge on any atom is 0.253 e. The number of rotatable bonds is 3. The molecule has 0 radical (unpaired) electrons. The van der Waals surface area contributed by atoms with Gasteiger partial charge in [0.15, 0.2) is 0 Å². The average molecular weight is 233 g/mol. The van der Waals surface area contributed by atoms with Gasteiger partial charge in [0, 0.05) is 12.2 Å². The molecule has 1 aromatic rings. The van der Waals surface area contributed by atoms with Crippen molar-refractivity contribution in [3.8, 4) is 0 Å². The smallest absolute Gasteiger partial charge is 0.253 e. The second-order valence-corrected chi connectivity index (χ2v) is 4.78. The zero-order valence-corrected chi connectivity index (χ0v) is 10.1. The predicted octanol–water partition coefficient (Wildman–Crippen LogP) is 1.97. The van der Waals surface area contributed by atoms with Crippen LogP contribution in [0.1, 0.15) is 43.0 Å². The molecule has 2 rings (SSSR count).